The van der Waals surface area contributed by atoms with Crippen molar-refractivity contribution in [3.05, 3.63) is 36.0 Å². The maximum absolute atomic E-state index is 12.6. The second-order valence-corrected chi connectivity index (χ2v) is 6.58. The molecule has 1 fully saturated rings. The van der Waals surface area contributed by atoms with Gasteiger partial charge in [-0.05, 0) is 29.1 Å². The molecule has 0 radical (unpaired) electrons. The van der Waals surface area contributed by atoms with E-state index in [1.807, 2.05) is 6.20 Å². The highest BCUT2D eigenvalue weighted by atomic mass is 16.2. The smallest absolute Gasteiger partial charge is 0.241 e. The van der Waals surface area contributed by atoms with Crippen LogP contribution in [0.15, 0.2) is 30.5 Å². The van der Waals surface area contributed by atoms with Crippen molar-refractivity contribution in [3.63, 3.8) is 0 Å². The number of hydrogen-bond donors (Lipinski definition) is 1. The predicted molar refractivity (Wildman–Crippen MR) is 93.4 cm³/mol. The lowest BCUT2D eigenvalue weighted by molar-refractivity contribution is -0.141. The van der Waals surface area contributed by atoms with Gasteiger partial charge >= 0.3 is 0 Å². The molecule has 1 aromatic heterocycles. The van der Waals surface area contributed by atoms with E-state index in [0.717, 1.165) is 5.52 Å². The highest BCUT2D eigenvalue weighted by molar-refractivity contribution is 5.83. The summed E-state index contributed by atoms with van der Waals surface area (Å²) >= 11 is 0. The van der Waals surface area contributed by atoms with Crippen molar-refractivity contribution < 1.29 is 9.59 Å². The number of hydrogen-bond acceptors (Lipinski definition) is 3. The zero-order valence-corrected chi connectivity index (χ0v) is 14.5. The summed E-state index contributed by atoms with van der Waals surface area (Å²) < 4.78 is 0. The molecule has 2 aromatic rings. The van der Waals surface area contributed by atoms with Crippen LogP contribution in [0, 0.1) is 0 Å². The quantitative estimate of drug-likeness (QED) is 0.924. The monoisotopic (exact) mass is 328 g/mol. The maximum atomic E-state index is 12.6. The van der Waals surface area contributed by atoms with Crippen molar-refractivity contribution in [3.8, 4) is 0 Å². The SMILES string of the molecule is CC(=O)N1CCN(Cc2ccc3[nH]ccc3c2)C(C(=O)N(C)C)C1. The van der Waals surface area contributed by atoms with Crippen molar-refractivity contribution in [1.29, 1.82) is 0 Å². The van der Waals surface area contributed by atoms with Crippen molar-refractivity contribution in [1.82, 2.24) is 19.7 Å². The Balaban J connectivity index is 1.80. The number of piperazine rings is 1. The van der Waals surface area contributed by atoms with E-state index >= 15 is 0 Å². The van der Waals surface area contributed by atoms with Crippen LogP contribution in [0.25, 0.3) is 10.9 Å². The minimum Gasteiger partial charge on any atom is -0.361 e. The van der Waals surface area contributed by atoms with E-state index in [-0.39, 0.29) is 17.9 Å². The first-order valence-electron chi connectivity index (χ1n) is 8.22. The van der Waals surface area contributed by atoms with Crippen LogP contribution in [0.1, 0.15) is 12.5 Å². The molecule has 3 rings (SSSR count). The van der Waals surface area contributed by atoms with Crippen LogP contribution >= 0.6 is 0 Å². The molecule has 0 aliphatic carbocycles. The number of aromatic amines is 1. The van der Waals surface area contributed by atoms with Gasteiger partial charge in [-0.1, -0.05) is 6.07 Å². The van der Waals surface area contributed by atoms with Crippen molar-refractivity contribution >= 4 is 22.7 Å². The van der Waals surface area contributed by atoms with Crippen LogP contribution < -0.4 is 0 Å². The molecule has 0 saturated carbocycles. The molecular weight excluding hydrogens is 304 g/mol. The number of aromatic nitrogens is 1. The third kappa shape index (κ3) is 3.28. The topological polar surface area (TPSA) is 59.7 Å². The van der Waals surface area contributed by atoms with Crippen molar-refractivity contribution in [2.45, 2.75) is 19.5 Å². The van der Waals surface area contributed by atoms with Gasteiger partial charge in [0.25, 0.3) is 0 Å². The number of amides is 2. The average Bonchev–Trinajstić information content (AvgIpc) is 3.02. The van der Waals surface area contributed by atoms with Crippen LogP contribution in [0.3, 0.4) is 0 Å². The molecule has 1 aliphatic rings. The molecule has 24 heavy (non-hydrogen) atoms. The highest BCUT2D eigenvalue weighted by Gasteiger charge is 2.34. The molecule has 1 unspecified atom stereocenters. The lowest BCUT2D eigenvalue weighted by Crippen LogP contribution is -2.59. The van der Waals surface area contributed by atoms with Crippen molar-refractivity contribution in [2.24, 2.45) is 0 Å². The molecule has 1 saturated heterocycles. The standard InChI is InChI=1S/C18H24N4O2/c1-13(23)21-8-9-22(17(12-21)18(24)20(2)3)11-14-4-5-16-15(10-14)6-7-19-16/h4-7,10,17,19H,8-9,11-12H2,1-3H3. The lowest BCUT2D eigenvalue weighted by Gasteiger charge is -2.41. The Morgan fingerprint density at radius 1 is 1.25 bits per heavy atom. The maximum Gasteiger partial charge on any atom is 0.241 e. The van der Waals surface area contributed by atoms with Gasteiger partial charge in [-0.25, -0.2) is 0 Å². The van der Waals surface area contributed by atoms with E-state index in [2.05, 4.69) is 34.1 Å². The highest BCUT2D eigenvalue weighted by Crippen LogP contribution is 2.19. The lowest BCUT2D eigenvalue weighted by atomic mass is 10.1. The van der Waals surface area contributed by atoms with Gasteiger partial charge < -0.3 is 14.8 Å². The van der Waals surface area contributed by atoms with E-state index in [4.69, 9.17) is 0 Å². The Morgan fingerprint density at radius 2 is 2.04 bits per heavy atom. The molecule has 2 amide bonds. The molecule has 6 heteroatoms. The Labute approximate surface area is 142 Å². The molecule has 1 aliphatic heterocycles. The normalized spacial score (nSPS) is 18.8. The summed E-state index contributed by atoms with van der Waals surface area (Å²) in [5.41, 5.74) is 2.29. The van der Waals surface area contributed by atoms with Gasteiger partial charge in [-0.2, -0.15) is 0 Å². The van der Waals surface area contributed by atoms with E-state index in [1.54, 1.807) is 30.8 Å². The van der Waals surface area contributed by atoms with E-state index in [0.29, 0.717) is 26.2 Å². The van der Waals surface area contributed by atoms with Gasteiger partial charge in [0.05, 0.1) is 0 Å². The number of carbonyl (C=O) groups excluding carboxylic acids is 2. The summed E-state index contributed by atoms with van der Waals surface area (Å²) in [5.74, 6) is 0.0728. The van der Waals surface area contributed by atoms with Crippen molar-refractivity contribution in [2.75, 3.05) is 33.7 Å². The first-order valence-corrected chi connectivity index (χ1v) is 8.22. The number of benzene rings is 1. The molecule has 1 atom stereocenters. The van der Waals surface area contributed by atoms with E-state index < -0.39 is 0 Å². The Bertz CT molecular complexity index is 752. The van der Waals surface area contributed by atoms with Crippen LogP contribution in [0.5, 0.6) is 0 Å². The third-order valence-electron chi connectivity index (χ3n) is 4.67. The van der Waals surface area contributed by atoms with Gasteiger partial charge in [0, 0.05) is 58.9 Å². The molecular formula is C18H24N4O2. The third-order valence-corrected chi connectivity index (χ3v) is 4.67. The molecule has 0 spiro atoms. The fourth-order valence-electron chi connectivity index (χ4n) is 3.26. The van der Waals surface area contributed by atoms with E-state index in [9.17, 15) is 9.59 Å². The summed E-state index contributed by atoms with van der Waals surface area (Å²) in [6.07, 6.45) is 1.93. The van der Waals surface area contributed by atoms with Gasteiger partial charge in [-0.15, -0.1) is 0 Å². The summed E-state index contributed by atoms with van der Waals surface area (Å²) in [4.78, 5) is 33.0. The molecule has 1 aromatic carbocycles. The molecule has 2 heterocycles. The second-order valence-electron chi connectivity index (χ2n) is 6.58. The van der Waals surface area contributed by atoms with Crippen LogP contribution in [0.2, 0.25) is 0 Å². The molecule has 1 N–H and O–H groups in total. The number of likely N-dealkylation sites (N-methyl/N-ethyl adjacent to an activating group) is 1. The van der Waals surface area contributed by atoms with Gasteiger partial charge in [0.2, 0.25) is 11.8 Å². The predicted octanol–water partition coefficient (Wildman–Crippen LogP) is 1.29. The van der Waals surface area contributed by atoms with E-state index in [1.165, 1.54) is 10.9 Å². The van der Waals surface area contributed by atoms with Crippen LogP contribution in [-0.4, -0.2) is 71.3 Å². The van der Waals surface area contributed by atoms with Crippen LogP contribution in [0.4, 0.5) is 0 Å². The fraction of sp³-hybridized carbons (Fsp3) is 0.444. The number of rotatable bonds is 3. The number of nitrogens with one attached hydrogen (secondary N) is 1. The number of H-pyrrole nitrogens is 1. The number of nitrogens with zero attached hydrogens (tertiary/aromatic N) is 3. The summed E-state index contributed by atoms with van der Waals surface area (Å²) in [5, 5.41) is 1.17. The second kappa shape index (κ2) is 6.65. The number of carbonyl (C=O) groups is 2. The van der Waals surface area contributed by atoms with Gasteiger partial charge in [0.1, 0.15) is 6.04 Å². The molecule has 128 valence electrons. The fourth-order valence-corrected chi connectivity index (χ4v) is 3.26. The Hall–Kier alpha value is -2.34. The first-order chi connectivity index (χ1) is 11.5. The minimum atomic E-state index is -0.292. The molecule has 6 nitrogen and oxygen atoms in total. The van der Waals surface area contributed by atoms with Gasteiger partial charge in [-0.3, -0.25) is 14.5 Å². The first kappa shape index (κ1) is 16.5. The summed E-state index contributed by atoms with van der Waals surface area (Å²) in [6.45, 7) is 4.09. The van der Waals surface area contributed by atoms with Gasteiger partial charge in [0.15, 0.2) is 0 Å². The molecule has 0 bridgehead atoms. The largest absolute Gasteiger partial charge is 0.361 e. The minimum absolute atomic E-state index is 0.0277. The number of fused-ring (bicyclic) bond motifs is 1. The average molecular weight is 328 g/mol. The Morgan fingerprint density at radius 3 is 2.75 bits per heavy atom. The summed E-state index contributed by atoms with van der Waals surface area (Å²) in [6, 6.07) is 8.07. The zero-order chi connectivity index (χ0) is 17.3. The zero-order valence-electron chi connectivity index (χ0n) is 14.5. The summed E-state index contributed by atoms with van der Waals surface area (Å²) in [7, 11) is 3.53. The Kier molecular flexibility index (Phi) is 4.57. The van der Waals surface area contributed by atoms with Crippen LogP contribution in [-0.2, 0) is 16.1 Å².